The first-order chi connectivity index (χ1) is 8.56. The van der Waals surface area contributed by atoms with E-state index in [1.807, 2.05) is 29.1 Å². The molecule has 18 heavy (non-hydrogen) atoms. The van der Waals surface area contributed by atoms with E-state index in [0.717, 1.165) is 11.4 Å². The third-order valence-corrected chi connectivity index (χ3v) is 3.02. The lowest BCUT2D eigenvalue weighted by molar-refractivity contribution is 0.534. The lowest BCUT2D eigenvalue weighted by atomic mass is 10.2. The molecule has 0 radical (unpaired) electrons. The van der Waals surface area contributed by atoms with Crippen molar-refractivity contribution in [3.05, 3.63) is 41.0 Å². The molecule has 0 fully saturated rings. The minimum Gasteiger partial charge on any atom is -0.398 e. The lowest BCUT2D eigenvalue weighted by Gasteiger charge is -2.06. The fourth-order valence-electron chi connectivity index (χ4n) is 1.62. The largest absolute Gasteiger partial charge is 0.398 e. The van der Waals surface area contributed by atoms with Gasteiger partial charge in [0, 0.05) is 24.8 Å². The Kier molecular flexibility index (Phi) is 3.77. The zero-order valence-corrected chi connectivity index (χ0v) is 11.3. The number of rotatable bonds is 4. The minimum absolute atomic E-state index is 0.367. The van der Waals surface area contributed by atoms with E-state index < -0.39 is 0 Å². The number of aromatic nitrogens is 2. The van der Waals surface area contributed by atoms with Gasteiger partial charge < -0.3 is 11.1 Å². The van der Waals surface area contributed by atoms with Gasteiger partial charge in [0.15, 0.2) is 0 Å². The van der Waals surface area contributed by atoms with Crippen molar-refractivity contribution in [2.75, 3.05) is 11.1 Å². The van der Waals surface area contributed by atoms with E-state index in [0.29, 0.717) is 23.3 Å². The summed E-state index contributed by atoms with van der Waals surface area (Å²) < 4.78 is 1.92. The highest BCUT2D eigenvalue weighted by molar-refractivity contribution is 6.33. The van der Waals surface area contributed by atoms with E-state index >= 15 is 0 Å². The first-order valence-corrected chi connectivity index (χ1v) is 6.27. The van der Waals surface area contributed by atoms with Crippen LogP contribution in [0.2, 0.25) is 5.02 Å². The molecule has 0 saturated heterocycles. The summed E-state index contributed by atoms with van der Waals surface area (Å²) in [6.07, 6.45) is 1.96. The Morgan fingerprint density at radius 3 is 2.78 bits per heavy atom. The summed E-state index contributed by atoms with van der Waals surface area (Å²) in [6.45, 7) is 4.86. The molecule has 2 aromatic rings. The highest BCUT2D eigenvalue weighted by Crippen LogP contribution is 2.20. The molecule has 0 aliphatic carbocycles. The molecule has 1 aromatic heterocycles. The van der Waals surface area contributed by atoms with E-state index in [1.54, 1.807) is 6.07 Å². The van der Waals surface area contributed by atoms with Crippen molar-refractivity contribution in [2.45, 2.75) is 26.4 Å². The predicted octanol–water partition coefficient (Wildman–Crippen LogP) is 3.31. The number of nitrogen functional groups attached to an aromatic ring is 1. The summed E-state index contributed by atoms with van der Waals surface area (Å²) in [4.78, 5) is 0. The molecular formula is C13H17ClN4. The zero-order chi connectivity index (χ0) is 13.1. The second-order valence-electron chi connectivity index (χ2n) is 4.48. The number of nitrogens with zero attached hydrogens (tertiary/aromatic N) is 2. The maximum absolute atomic E-state index is 5.87. The van der Waals surface area contributed by atoms with Gasteiger partial charge in [-0.1, -0.05) is 17.7 Å². The Balaban J connectivity index is 2.00. The summed E-state index contributed by atoms with van der Waals surface area (Å²) in [5.74, 6) is 0.859. The maximum atomic E-state index is 5.87. The second kappa shape index (κ2) is 5.31. The van der Waals surface area contributed by atoms with Crippen molar-refractivity contribution in [2.24, 2.45) is 0 Å². The Labute approximate surface area is 112 Å². The van der Waals surface area contributed by atoms with Gasteiger partial charge in [0.05, 0.1) is 10.7 Å². The quantitative estimate of drug-likeness (QED) is 0.833. The smallest absolute Gasteiger partial charge is 0.148 e. The van der Waals surface area contributed by atoms with Crippen molar-refractivity contribution < 1.29 is 0 Å². The molecule has 0 unspecified atom stereocenters. The fraction of sp³-hybridized carbons (Fsp3) is 0.308. The second-order valence-corrected chi connectivity index (χ2v) is 4.89. The Morgan fingerprint density at radius 1 is 1.39 bits per heavy atom. The predicted molar refractivity (Wildman–Crippen MR) is 75.8 cm³/mol. The average Bonchev–Trinajstić information content (AvgIpc) is 2.79. The topological polar surface area (TPSA) is 55.9 Å². The number of hydrogen-bond acceptors (Lipinski definition) is 3. The third-order valence-electron chi connectivity index (χ3n) is 2.67. The molecule has 0 amide bonds. The zero-order valence-electron chi connectivity index (χ0n) is 10.5. The van der Waals surface area contributed by atoms with Gasteiger partial charge in [0.1, 0.15) is 5.82 Å². The number of nitrogens with two attached hydrogens (primary N) is 1. The van der Waals surface area contributed by atoms with Crippen LogP contribution < -0.4 is 11.1 Å². The first kappa shape index (κ1) is 12.8. The standard InChI is InChI=1S/C13H17ClN4/c1-9(2)18-6-5-13(17-18)16-8-10-3-4-11(14)12(15)7-10/h3-7,9H,8,15H2,1-2H3,(H,16,17). The molecule has 0 bridgehead atoms. The van der Waals surface area contributed by atoms with E-state index in [9.17, 15) is 0 Å². The highest BCUT2D eigenvalue weighted by Gasteiger charge is 2.02. The van der Waals surface area contributed by atoms with E-state index in [-0.39, 0.29) is 0 Å². The summed E-state index contributed by atoms with van der Waals surface area (Å²) in [5, 5.41) is 8.25. The van der Waals surface area contributed by atoms with Crippen molar-refractivity contribution in [1.82, 2.24) is 9.78 Å². The molecule has 1 aromatic carbocycles. The van der Waals surface area contributed by atoms with Crippen molar-refractivity contribution in [1.29, 1.82) is 0 Å². The molecule has 4 nitrogen and oxygen atoms in total. The van der Waals surface area contributed by atoms with Gasteiger partial charge in [0.2, 0.25) is 0 Å². The first-order valence-electron chi connectivity index (χ1n) is 5.89. The van der Waals surface area contributed by atoms with Crippen molar-refractivity contribution in [3.8, 4) is 0 Å². The van der Waals surface area contributed by atoms with Crippen molar-refractivity contribution in [3.63, 3.8) is 0 Å². The molecule has 0 spiro atoms. The van der Waals surface area contributed by atoms with Gasteiger partial charge in [-0.2, -0.15) is 5.10 Å². The van der Waals surface area contributed by atoms with Crippen LogP contribution in [0.15, 0.2) is 30.5 Å². The normalized spacial score (nSPS) is 10.9. The van der Waals surface area contributed by atoms with Gasteiger partial charge in [0.25, 0.3) is 0 Å². The van der Waals surface area contributed by atoms with Gasteiger partial charge >= 0.3 is 0 Å². The summed E-state index contributed by atoms with van der Waals surface area (Å²) in [5.41, 5.74) is 7.43. The number of halogens is 1. The van der Waals surface area contributed by atoms with Crippen LogP contribution in [-0.4, -0.2) is 9.78 Å². The molecule has 0 aliphatic heterocycles. The third kappa shape index (κ3) is 2.96. The monoisotopic (exact) mass is 264 g/mol. The summed E-state index contributed by atoms with van der Waals surface area (Å²) in [6, 6.07) is 7.95. The van der Waals surface area contributed by atoms with Gasteiger partial charge in [-0.3, -0.25) is 4.68 Å². The average molecular weight is 265 g/mol. The molecule has 0 aliphatic rings. The molecule has 0 atom stereocenters. The molecule has 2 rings (SSSR count). The van der Waals surface area contributed by atoms with E-state index in [4.69, 9.17) is 17.3 Å². The molecule has 5 heteroatoms. The Hall–Kier alpha value is -1.68. The van der Waals surface area contributed by atoms with Crippen LogP contribution in [0.3, 0.4) is 0 Å². The molecule has 3 N–H and O–H groups in total. The SMILES string of the molecule is CC(C)n1ccc(NCc2ccc(Cl)c(N)c2)n1. The number of anilines is 2. The minimum atomic E-state index is 0.367. The Morgan fingerprint density at radius 2 is 2.17 bits per heavy atom. The van der Waals surface area contributed by atoms with Gasteiger partial charge in [-0.25, -0.2) is 0 Å². The number of hydrogen-bond donors (Lipinski definition) is 2. The fourth-order valence-corrected chi connectivity index (χ4v) is 1.73. The van der Waals surface area contributed by atoms with E-state index in [1.165, 1.54) is 0 Å². The van der Waals surface area contributed by atoms with Crippen LogP contribution in [0.25, 0.3) is 0 Å². The van der Waals surface area contributed by atoms with Crippen LogP contribution >= 0.6 is 11.6 Å². The van der Waals surface area contributed by atoms with Crippen LogP contribution in [-0.2, 0) is 6.54 Å². The molecule has 1 heterocycles. The van der Waals surface area contributed by atoms with Crippen LogP contribution in [0.1, 0.15) is 25.5 Å². The van der Waals surface area contributed by atoms with Crippen LogP contribution in [0.5, 0.6) is 0 Å². The van der Waals surface area contributed by atoms with Crippen LogP contribution in [0.4, 0.5) is 11.5 Å². The summed E-state index contributed by atoms with van der Waals surface area (Å²) >= 11 is 5.87. The molecule has 96 valence electrons. The Bertz CT molecular complexity index is 534. The summed E-state index contributed by atoms with van der Waals surface area (Å²) in [7, 11) is 0. The lowest BCUT2D eigenvalue weighted by Crippen LogP contribution is -2.04. The molecule has 0 saturated carbocycles. The van der Waals surface area contributed by atoms with Crippen LogP contribution in [0, 0.1) is 0 Å². The highest BCUT2D eigenvalue weighted by atomic mass is 35.5. The van der Waals surface area contributed by atoms with Gasteiger partial charge in [-0.05, 0) is 31.5 Å². The maximum Gasteiger partial charge on any atom is 0.148 e. The van der Waals surface area contributed by atoms with Crippen molar-refractivity contribution >= 4 is 23.1 Å². The number of nitrogens with one attached hydrogen (secondary N) is 1. The molecular weight excluding hydrogens is 248 g/mol. The van der Waals surface area contributed by atoms with Gasteiger partial charge in [-0.15, -0.1) is 0 Å². The van der Waals surface area contributed by atoms with E-state index in [2.05, 4.69) is 24.3 Å². The number of benzene rings is 1.